The molecule has 1 aliphatic heterocycles. The summed E-state index contributed by atoms with van der Waals surface area (Å²) in [6.45, 7) is 0.795. The smallest absolute Gasteiger partial charge is 0.303 e. The molecule has 1 aliphatic rings. The van der Waals surface area contributed by atoms with Crippen LogP contribution in [0, 0.1) is 0 Å². The van der Waals surface area contributed by atoms with Gasteiger partial charge in [0.05, 0.1) is 18.2 Å². The van der Waals surface area contributed by atoms with Crippen LogP contribution in [0.1, 0.15) is 36.7 Å². The van der Waals surface area contributed by atoms with Gasteiger partial charge in [-0.15, -0.1) is 0 Å². The number of ether oxygens (including phenoxy) is 1. The number of carboxylic acid groups (broad SMARTS) is 1. The summed E-state index contributed by atoms with van der Waals surface area (Å²) in [5.74, 6) is -0.863. The fourth-order valence-electron chi connectivity index (χ4n) is 2.64. The van der Waals surface area contributed by atoms with Crippen LogP contribution < -0.4 is 0 Å². The van der Waals surface area contributed by atoms with Gasteiger partial charge in [-0.1, -0.05) is 6.07 Å². The van der Waals surface area contributed by atoms with Gasteiger partial charge in [0.25, 0.3) is 0 Å². The van der Waals surface area contributed by atoms with E-state index in [0.717, 1.165) is 24.2 Å². The Bertz CT molecular complexity index is 518. The fraction of sp³-hybridized carbons (Fsp3) is 0.533. The van der Waals surface area contributed by atoms with Crippen LogP contribution in [0.4, 0.5) is 0 Å². The second-order valence-corrected chi connectivity index (χ2v) is 5.13. The van der Waals surface area contributed by atoms with E-state index in [1.807, 2.05) is 18.2 Å². The molecule has 1 atom stereocenters. The number of likely N-dealkylation sites (tertiary alicyclic amines) is 1. The maximum absolute atomic E-state index is 12.0. The zero-order chi connectivity index (χ0) is 15.2. The standard InChI is InChI=1S/C15H20N2O4/c1-21-10-14(18)17-9-3-6-13(17)12-5-2-4-11(16-12)7-8-15(19)20/h2,4-5,13H,3,6-10H2,1H3,(H,19,20)/t13-/m1/s1. The molecule has 1 saturated heterocycles. The molecule has 0 aromatic carbocycles. The van der Waals surface area contributed by atoms with Crippen LogP contribution in [-0.4, -0.2) is 47.1 Å². The van der Waals surface area contributed by atoms with Gasteiger partial charge in [0.1, 0.15) is 6.61 Å². The molecule has 114 valence electrons. The second kappa shape index (κ2) is 7.17. The predicted octanol–water partition coefficient (Wildman–Crippen LogP) is 1.41. The Morgan fingerprint density at radius 1 is 1.48 bits per heavy atom. The van der Waals surface area contributed by atoms with E-state index in [1.165, 1.54) is 7.11 Å². The van der Waals surface area contributed by atoms with Crippen LogP contribution in [-0.2, 0) is 20.7 Å². The summed E-state index contributed by atoms with van der Waals surface area (Å²) in [5.41, 5.74) is 1.58. The highest BCUT2D eigenvalue weighted by Crippen LogP contribution is 2.30. The number of amides is 1. The number of carbonyl (C=O) groups excluding carboxylic acids is 1. The van der Waals surface area contributed by atoms with Gasteiger partial charge in [-0.25, -0.2) is 0 Å². The Hall–Kier alpha value is -1.95. The highest BCUT2D eigenvalue weighted by Gasteiger charge is 2.30. The molecule has 1 aromatic heterocycles. The molecular formula is C15H20N2O4. The van der Waals surface area contributed by atoms with Crippen molar-refractivity contribution in [3.05, 3.63) is 29.6 Å². The Morgan fingerprint density at radius 2 is 2.29 bits per heavy atom. The van der Waals surface area contributed by atoms with Crippen molar-refractivity contribution >= 4 is 11.9 Å². The Morgan fingerprint density at radius 3 is 3.00 bits per heavy atom. The number of nitrogens with zero attached hydrogens (tertiary/aromatic N) is 2. The molecular weight excluding hydrogens is 272 g/mol. The number of carbonyl (C=O) groups is 2. The quantitative estimate of drug-likeness (QED) is 0.857. The van der Waals surface area contributed by atoms with Crippen molar-refractivity contribution in [2.45, 2.75) is 31.7 Å². The minimum atomic E-state index is -0.833. The molecule has 0 spiro atoms. The van der Waals surface area contributed by atoms with E-state index in [1.54, 1.807) is 4.90 Å². The lowest BCUT2D eigenvalue weighted by Gasteiger charge is -2.24. The summed E-state index contributed by atoms with van der Waals surface area (Å²) in [7, 11) is 1.51. The second-order valence-electron chi connectivity index (χ2n) is 5.13. The first-order valence-corrected chi connectivity index (χ1v) is 7.08. The molecule has 0 saturated carbocycles. The molecule has 2 rings (SSSR count). The van der Waals surface area contributed by atoms with Crippen LogP contribution in [0.25, 0.3) is 0 Å². The molecule has 2 heterocycles. The largest absolute Gasteiger partial charge is 0.481 e. The Balaban J connectivity index is 2.11. The van der Waals surface area contributed by atoms with E-state index in [-0.39, 0.29) is 25.0 Å². The number of pyridine rings is 1. The average molecular weight is 292 g/mol. The molecule has 0 bridgehead atoms. The maximum atomic E-state index is 12.0. The normalized spacial score (nSPS) is 18.0. The van der Waals surface area contributed by atoms with Gasteiger partial charge < -0.3 is 14.7 Å². The number of aromatic nitrogens is 1. The molecule has 1 aromatic rings. The van der Waals surface area contributed by atoms with Crippen molar-refractivity contribution in [2.75, 3.05) is 20.3 Å². The summed E-state index contributed by atoms with van der Waals surface area (Å²) in [5, 5.41) is 8.73. The zero-order valence-corrected chi connectivity index (χ0v) is 12.1. The zero-order valence-electron chi connectivity index (χ0n) is 12.1. The summed E-state index contributed by atoms with van der Waals surface area (Å²) in [6.07, 6.45) is 2.29. The van der Waals surface area contributed by atoms with Gasteiger partial charge in [0, 0.05) is 25.8 Å². The van der Waals surface area contributed by atoms with Gasteiger partial charge in [0.2, 0.25) is 5.91 Å². The predicted molar refractivity (Wildman–Crippen MR) is 75.8 cm³/mol. The fourth-order valence-corrected chi connectivity index (χ4v) is 2.64. The molecule has 6 nitrogen and oxygen atoms in total. The van der Waals surface area contributed by atoms with Crippen molar-refractivity contribution in [2.24, 2.45) is 0 Å². The minimum Gasteiger partial charge on any atom is -0.481 e. The Labute approximate surface area is 123 Å². The lowest BCUT2D eigenvalue weighted by atomic mass is 10.1. The third-order valence-electron chi connectivity index (χ3n) is 3.61. The van der Waals surface area contributed by atoms with Crippen molar-refractivity contribution in [3.8, 4) is 0 Å². The van der Waals surface area contributed by atoms with Crippen LogP contribution in [0.15, 0.2) is 18.2 Å². The number of aryl methyl sites for hydroxylation is 1. The first kappa shape index (κ1) is 15.4. The van der Waals surface area contributed by atoms with Gasteiger partial charge >= 0.3 is 5.97 Å². The van der Waals surface area contributed by atoms with Gasteiger partial charge in [0.15, 0.2) is 0 Å². The molecule has 6 heteroatoms. The van der Waals surface area contributed by atoms with E-state index in [2.05, 4.69) is 4.98 Å². The van der Waals surface area contributed by atoms with Crippen molar-refractivity contribution in [3.63, 3.8) is 0 Å². The van der Waals surface area contributed by atoms with E-state index in [0.29, 0.717) is 13.0 Å². The van der Waals surface area contributed by atoms with Crippen LogP contribution in [0.3, 0.4) is 0 Å². The first-order valence-electron chi connectivity index (χ1n) is 7.08. The third kappa shape index (κ3) is 4.01. The number of methoxy groups -OCH3 is 1. The minimum absolute atomic E-state index is 0.0299. The van der Waals surface area contributed by atoms with Crippen LogP contribution >= 0.6 is 0 Å². The Kier molecular flexibility index (Phi) is 5.27. The van der Waals surface area contributed by atoms with Crippen LogP contribution in [0.5, 0.6) is 0 Å². The van der Waals surface area contributed by atoms with Crippen molar-refractivity contribution in [1.29, 1.82) is 0 Å². The number of hydrogen-bond donors (Lipinski definition) is 1. The third-order valence-corrected chi connectivity index (χ3v) is 3.61. The van der Waals surface area contributed by atoms with Gasteiger partial charge in [-0.2, -0.15) is 0 Å². The molecule has 0 radical (unpaired) electrons. The van der Waals surface area contributed by atoms with E-state index in [9.17, 15) is 9.59 Å². The molecule has 1 amide bonds. The molecule has 1 fully saturated rings. The summed E-state index contributed by atoms with van der Waals surface area (Å²) < 4.78 is 4.91. The highest BCUT2D eigenvalue weighted by molar-refractivity contribution is 5.78. The SMILES string of the molecule is COCC(=O)N1CCC[C@@H]1c1cccc(CCC(=O)O)n1. The number of carboxylic acids is 1. The lowest BCUT2D eigenvalue weighted by Crippen LogP contribution is -2.33. The van der Waals surface area contributed by atoms with Crippen molar-refractivity contribution in [1.82, 2.24) is 9.88 Å². The summed E-state index contributed by atoms with van der Waals surface area (Å²) in [4.78, 5) is 29.0. The van der Waals surface area contributed by atoms with Gasteiger partial charge in [-0.3, -0.25) is 14.6 Å². The number of hydrogen-bond acceptors (Lipinski definition) is 4. The first-order chi connectivity index (χ1) is 10.1. The average Bonchev–Trinajstić information content (AvgIpc) is 2.95. The van der Waals surface area contributed by atoms with Gasteiger partial charge in [-0.05, 0) is 25.0 Å². The highest BCUT2D eigenvalue weighted by atomic mass is 16.5. The maximum Gasteiger partial charge on any atom is 0.303 e. The lowest BCUT2D eigenvalue weighted by molar-refractivity contribution is -0.137. The van der Waals surface area contributed by atoms with Crippen LogP contribution in [0.2, 0.25) is 0 Å². The van der Waals surface area contributed by atoms with E-state index >= 15 is 0 Å². The molecule has 0 aliphatic carbocycles. The summed E-state index contributed by atoms with van der Waals surface area (Å²) >= 11 is 0. The topological polar surface area (TPSA) is 79.7 Å². The number of aliphatic carboxylic acids is 1. The number of rotatable bonds is 6. The summed E-state index contributed by atoms with van der Waals surface area (Å²) in [6, 6.07) is 5.56. The molecule has 0 unspecified atom stereocenters. The molecule has 1 N–H and O–H groups in total. The van der Waals surface area contributed by atoms with E-state index < -0.39 is 5.97 Å². The van der Waals surface area contributed by atoms with E-state index in [4.69, 9.17) is 9.84 Å². The van der Waals surface area contributed by atoms with Crippen molar-refractivity contribution < 1.29 is 19.4 Å². The molecule has 21 heavy (non-hydrogen) atoms. The monoisotopic (exact) mass is 292 g/mol.